The van der Waals surface area contributed by atoms with Gasteiger partial charge in [0.05, 0.1) is 67.5 Å². The molecule has 0 unspecified atom stereocenters. The number of carbonyl (C=O) groups excluding carboxylic acids is 4. The van der Waals surface area contributed by atoms with Crippen LogP contribution in [0.15, 0.2) is 0 Å². The van der Waals surface area contributed by atoms with Crippen molar-refractivity contribution in [2.24, 2.45) is 46.3 Å². The lowest BCUT2D eigenvalue weighted by Gasteiger charge is -2.64. The van der Waals surface area contributed by atoms with Gasteiger partial charge in [-0.3, -0.25) is 4.79 Å². The van der Waals surface area contributed by atoms with E-state index in [1.807, 2.05) is 0 Å². The van der Waals surface area contributed by atoms with Crippen LogP contribution in [0.1, 0.15) is 136 Å². The summed E-state index contributed by atoms with van der Waals surface area (Å²) in [6.45, 7) is 14.5. The van der Waals surface area contributed by atoms with Crippen LogP contribution in [0.5, 0.6) is 0 Å². The first-order chi connectivity index (χ1) is 28.5. The van der Waals surface area contributed by atoms with Gasteiger partial charge < -0.3 is 32.4 Å². The maximum Gasteiger partial charge on any atom is 0.362 e. The SMILES string of the molecule is COC(=O)CC[C@@H](C)[C@H]1CC[C@H]2[C@@H]3[C@H](OC(=O)C[N+]4(C)CCCCC4)C[C@@H]4C[C@H](OC(=O)C[N+]5(C)CCCCC5)CC[C@]4(C)[C@H]3C[C@H](OC(=O)C[N+]3(C)CCCCC3)[C@]12C. The molecule has 4 saturated carbocycles. The quantitative estimate of drug-likeness (QED) is 0.110. The molecule has 3 aliphatic heterocycles. The maximum absolute atomic E-state index is 14.3. The van der Waals surface area contributed by atoms with Gasteiger partial charge >= 0.3 is 23.9 Å². The lowest BCUT2D eigenvalue weighted by molar-refractivity contribution is -0.907. The standard InChI is InChI=1S/C49H84N3O8/c1-35(17-20-43(53)57-7)38-18-19-39-47-40(31-42(49(38,39)3)60-46(56)34-52(6)27-15-10-16-28-52)48(2)22-21-37(58-44(54)32-50(4)23-11-8-12-24-50)29-36(48)30-41(47)59-45(55)33-51(5)25-13-9-14-26-51/h35-42,47H,8-34H2,1-7H3/q+3/t35-,36+,37-,38-,39+,40+,41-,42+,47+,48+,49-/m1/s1. The molecule has 4 aliphatic carbocycles. The van der Waals surface area contributed by atoms with Crippen molar-refractivity contribution in [2.75, 3.05) is 87.2 Å². The predicted molar refractivity (Wildman–Crippen MR) is 230 cm³/mol. The molecule has 0 aromatic rings. The summed E-state index contributed by atoms with van der Waals surface area (Å²) in [6, 6.07) is 0. The zero-order valence-corrected chi connectivity index (χ0v) is 38.9. The third kappa shape index (κ3) is 9.78. The highest BCUT2D eigenvalue weighted by Crippen LogP contribution is 2.69. The van der Waals surface area contributed by atoms with Crippen molar-refractivity contribution >= 4 is 23.9 Å². The minimum Gasteiger partial charge on any atom is -0.469 e. The third-order valence-electron chi connectivity index (χ3n) is 18.5. The second-order valence-corrected chi connectivity index (χ2v) is 22.9. The summed E-state index contributed by atoms with van der Waals surface area (Å²) in [7, 11) is 8.09. The molecule has 0 radical (unpaired) electrons. The summed E-state index contributed by atoms with van der Waals surface area (Å²) in [5.41, 5.74) is -0.397. The Balaban J connectivity index is 1.18. The molecule has 7 aliphatic rings. The van der Waals surface area contributed by atoms with Gasteiger partial charge in [-0.2, -0.15) is 0 Å². The van der Waals surface area contributed by atoms with Gasteiger partial charge in [0.25, 0.3) is 0 Å². The molecular weight excluding hydrogens is 759 g/mol. The van der Waals surface area contributed by atoms with E-state index in [-0.39, 0.29) is 88.5 Å². The smallest absolute Gasteiger partial charge is 0.362 e. The Morgan fingerprint density at radius 1 is 0.617 bits per heavy atom. The van der Waals surface area contributed by atoms with Crippen molar-refractivity contribution in [3.05, 3.63) is 0 Å². The van der Waals surface area contributed by atoms with E-state index in [0.717, 1.165) is 143 Å². The van der Waals surface area contributed by atoms with E-state index in [0.29, 0.717) is 26.1 Å². The number of rotatable bonds is 13. The van der Waals surface area contributed by atoms with Crippen molar-refractivity contribution < 1.29 is 51.6 Å². The van der Waals surface area contributed by atoms with Crippen LogP contribution >= 0.6 is 0 Å². The van der Waals surface area contributed by atoms with Gasteiger partial charge in [0.1, 0.15) is 18.3 Å². The number of esters is 4. The average molecular weight is 843 g/mol. The van der Waals surface area contributed by atoms with Crippen LogP contribution in [0.4, 0.5) is 0 Å². The first kappa shape index (κ1) is 45.8. The summed E-state index contributed by atoms with van der Waals surface area (Å²) in [5.74, 6) is 0.831. The van der Waals surface area contributed by atoms with Crippen molar-refractivity contribution in [1.29, 1.82) is 0 Å². The van der Waals surface area contributed by atoms with E-state index in [1.165, 1.54) is 26.4 Å². The molecule has 0 spiro atoms. The van der Waals surface area contributed by atoms with E-state index in [1.54, 1.807) is 0 Å². The summed E-state index contributed by atoms with van der Waals surface area (Å²) in [5, 5.41) is 0. The second-order valence-electron chi connectivity index (χ2n) is 22.9. The largest absolute Gasteiger partial charge is 0.469 e. The number of nitrogens with zero attached hydrogens (tertiary/aromatic N) is 3. The number of likely N-dealkylation sites (N-methyl/N-ethyl adjacent to an activating group) is 3. The Labute approximate surface area is 362 Å². The number of piperidine rings is 3. The lowest BCUT2D eigenvalue weighted by Crippen LogP contribution is -2.64. The number of quaternary nitrogens is 3. The lowest BCUT2D eigenvalue weighted by atomic mass is 9.43. The maximum atomic E-state index is 14.3. The van der Waals surface area contributed by atoms with Gasteiger partial charge in [-0.05, 0) is 144 Å². The molecule has 11 nitrogen and oxygen atoms in total. The number of methoxy groups -OCH3 is 1. The topological polar surface area (TPSA) is 105 Å². The number of likely N-dealkylation sites (tertiary alicyclic amines) is 3. The highest BCUT2D eigenvalue weighted by molar-refractivity contribution is 5.72. The average Bonchev–Trinajstić information content (AvgIpc) is 3.55. The van der Waals surface area contributed by atoms with Gasteiger partial charge in [0, 0.05) is 17.8 Å². The zero-order chi connectivity index (χ0) is 42.9. The van der Waals surface area contributed by atoms with Gasteiger partial charge in [0.2, 0.25) is 0 Å². The highest BCUT2D eigenvalue weighted by Gasteiger charge is 2.68. The van der Waals surface area contributed by atoms with Gasteiger partial charge in [-0.1, -0.05) is 20.8 Å². The molecule has 11 atom stereocenters. The summed E-state index contributed by atoms with van der Waals surface area (Å²) in [4.78, 5) is 54.5. The molecule has 11 heteroatoms. The first-order valence-electron chi connectivity index (χ1n) is 24.6. The molecule has 3 heterocycles. The number of fused-ring (bicyclic) bond motifs is 5. The fourth-order valence-corrected chi connectivity index (χ4v) is 15.0. The fraction of sp³-hybridized carbons (Fsp3) is 0.918. The number of ether oxygens (including phenoxy) is 4. The molecule has 0 amide bonds. The molecule has 3 saturated heterocycles. The first-order valence-corrected chi connectivity index (χ1v) is 24.6. The normalized spacial score (nSPS) is 38.5. The van der Waals surface area contributed by atoms with Crippen molar-refractivity contribution in [3.8, 4) is 0 Å². The van der Waals surface area contributed by atoms with Gasteiger partial charge in [0.15, 0.2) is 19.6 Å². The monoisotopic (exact) mass is 843 g/mol. The van der Waals surface area contributed by atoms with Crippen LogP contribution in [0.2, 0.25) is 0 Å². The summed E-state index contributed by atoms with van der Waals surface area (Å²) in [6.07, 6.45) is 17.1. The van der Waals surface area contributed by atoms with Crippen LogP contribution in [0.25, 0.3) is 0 Å². The molecule has 0 aromatic heterocycles. The molecule has 7 rings (SSSR count). The van der Waals surface area contributed by atoms with E-state index in [2.05, 4.69) is 41.9 Å². The zero-order valence-electron chi connectivity index (χ0n) is 38.9. The van der Waals surface area contributed by atoms with Crippen molar-refractivity contribution in [3.63, 3.8) is 0 Å². The molecule has 7 fully saturated rings. The number of hydrogen-bond donors (Lipinski definition) is 0. The minimum atomic E-state index is -0.327. The minimum absolute atomic E-state index is 0.0701. The van der Waals surface area contributed by atoms with E-state index in [9.17, 15) is 19.2 Å². The van der Waals surface area contributed by atoms with E-state index >= 15 is 0 Å². The van der Waals surface area contributed by atoms with E-state index < -0.39 is 0 Å². The number of hydrogen-bond acceptors (Lipinski definition) is 8. The molecule has 0 aromatic carbocycles. The van der Waals surface area contributed by atoms with Crippen LogP contribution in [-0.4, -0.2) is 143 Å². The Morgan fingerprint density at radius 3 is 1.67 bits per heavy atom. The molecule has 0 bridgehead atoms. The second kappa shape index (κ2) is 18.5. The molecule has 60 heavy (non-hydrogen) atoms. The summed E-state index contributed by atoms with van der Waals surface area (Å²) < 4.78 is 27.5. The Morgan fingerprint density at radius 2 is 1.13 bits per heavy atom. The van der Waals surface area contributed by atoms with Crippen LogP contribution in [0.3, 0.4) is 0 Å². The highest BCUT2D eigenvalue weighted by atomic mass is 16.6. The van der Waals surface area contributed by atoms with Crippen LogP contribution < -0.4 is 0 Å². The Kier molecular flexibility index (Phi) is 14.1. The van der Waals surface area contributed by atoms with Crippen LogP contribution in [0, 0.1) is 46.3 Å². The summed E-state index contributed by atoms with van der Waals surface area (Å²) >= 11 is 0. The fourth-order valence-electron chi connectivity index (χ4n) is 15.0. The van der Waals surface area contributed by atoms with Crippen molar-refractivity contribution in [1.82, 2.24) is 0 Å². The molecular formula is C49H84N3O8+3. The van der Waals surface area contributed by atoms with Gasteiger partial charge in [-0.15, -0.1) is 0 Å². The Bertz CT molecular complexity index is 1540. The molecule has 340 valence electrons. The van der Waals surface area contributed by atoms with Crippen LogP contribution in [-0.2, 0) is 38.1 Å². The number of carbonyl (C=O) groups is 4. The van der Waals surface area contributed by atoms with Crippen molar-refractivity contribution in [2.45, 2.75) is 155 Å². The third-order valence-corrected chi connectivity index (χ3v) is 18.5. The molecule has 0 N–H and O–H groups in total. The Hall–Kier alpha value is -2.24. The van der Waals surface area contributed by atoms with Gasteiger partial charge in [-0.25, -0.2) is 14.4 Å². The van der Waals surface area contributed by atoms with E-state index in [4.69, 9.17) is 18.9 Å². The predicted octanol–water partition coefficient (Wildman–Crippen LogP) is 7.08.